The van der Waals surface area contributed by atoms with Crippen molar-refractivity contribution in [2.24, 2.45) is 0 Å². The molecule has 5 N–H and O–H groups in total. The Kier molecular flexibility index (Phi) is 2.99. The third kappa shape index (κ3) is 1.58. The number of hydrogen-bond donors (Lipinski definition) is 5. The predicted octanol–water partition coefficient (Wildman–Crippen LogP) is -3.22. The second kappa shape index (κ2) is 3.65. The lowest BCUT2D eigenvalue weighted by molar-refractivity contribution is -0.286. The molecule has 0 aromatic carbocycles. The molecule has 0 amide bonds. The summed E-state index contributed by atoms with van der Waals surface area (Å²) in [4.78, 5) is 0. The quantitative estimate of drug-likeness (QED) is 0.290. The topological polar surface area (TPSA) is 110 Å². The highest BCUT2D eigenvalue weighted by Crippen LogP contribution is 2.18. The summed E-state index contributed by atoms with van der Waals surface area (Å²) >= 11 is 0. The van der Waals surface area contributed by atoms with E-state index in [9.17, 15) is 0 Å². The third-order valence-corrected chi connectivity index (χ3v) is 1.87. The Hall–Kier alpha value is -0.240. The molecule has 0 bridgehead atoms. The van der Waals surface area contributed by atoms with Gasteiger partial charge in [0.2, 0.25) is 0 Å². The van der Waals surface area contributed by atoms with Crippen LogP contribution in [0.4, 0.5) is 0 Å². The molecule has 6 heteroatoms. The lowest BCUT2D eigenvalue weighted by Gasteiger charge is -2.37. The van der Waals surface area contributed by atoms with E-state index in [1.807, 2.05) is 0 Å². The first-order valence-electron chi connectivity index (χ1n) is 3.56. The minimum atomic E-state index is -1.57. The highest BCUT2D eigenvalue weighted by atomic mass is 16.6. The van der Waals surface area contributed by atoms with Gasteiger partial charge in [-0.3, -0.25) is 0 Å². The van der Waals surface area contributed by atoms with Gasteiger partial charge in [-0.05, 0) is 0 Å². The summed E-state index contributed by atoms with van der Waals surface area (Å²) in [5.74, 6) is 0. The highest BCUT2D eigenvalue weighted by molar-refractivity contribution is 4.87. The Bertz CT molecular complexity index is 146. The molecule has 6 nitrogen and oxygen atoms in total. The average molecular weight is 180 g/mol. The molecule has 72 valence electrons. The Morgan fingerprint density at radius 2 is 1.50 bits per heavy atom. The summed E-state index contributed by atoms with van der Waals surface area (Å²) in [5.41, 5.74) is 0. The van der Waals surface area contributed by atoms with Gasteiger partial charge in [0.15, 0.2) is 6.29 Å². The second-order valence-corrected chi connectivity index (χ2v) is 2.72. The van der Waals surface area contributed by atoms with Gasteiger partial charge in [-0.25, -0.2) is 0 Å². The molecule has 3 unspecified atom stereocenters. The van der Waals surface area contributed by atoms with Crippen LogP contribution in [0.25, 0.3) is 0 Å². The highest BCUT2D eigenvalue weighted by Gasteiger charge is 2.42. The van der Waals surface area contributed by atoms with Crippen molar-refractivity contribution in [3.05, 3.63) is 0 Å². The first-order chi connectivity index (χ1) is 5.57. The van der Waals surface area contributed by atoms with Gasteiger partial charge in [0.25, 0.3) is 0 Å². The van der Waals surface area contributed by atoms with Gasteiger partial charge in [0.1, 0.15) is 24.4 Å². The van der Waals surface area contributed by atoms with Crippen LogP contribution >= 0.6 is 0 Å². The fraction of sp³-hybridized carbons (Fsp3) is 1.00. The molecule has 0 aromatic heterocycles. The molecule has 5 atom stereocenters. The average Bonchev–Trinajstić information content (AvgIpc) is 2.08. The van der Waals surface area contributed by atoms with Gasteiger partial charge in [-0.2, -0.15) is 0 Å². The normalized spacial score (nSPS) is 49.2. The summed E-state index contributed by atoms with van der Waals surface area (Å²) < 4.78 is 4.58. The molecular formula is C6H12O6. The van der Waals surface area contributed by atoms with Crippen molar-refractivity contribution in [2.45, 2.75) is 30.7 Å². The van der Waals surface area contributed by atoms with Crippen molar-refractivity contribution in [1.82, 2.24) is 0 Å². The standard InChI is InChI=1S/C6H12O6/c7-1-2-3(8)4(9)5(10)6(11)12-2/h2-11H,1H2/t2?,3?,4-,5+,6?/m1/s1. The molecule has 1 aliphatic rings. The Balaban J connectivity index is 2.63. The predicted molar refractivity (Wildman–Crippen MR) is 36.0 cm³/mol. The van der Waals surface area contributed by atoms with E-state index >= 15 is 0 Å². The van der Waals surface area contributed by atoms with Gasteiger partial charge in [-0.1, -0.05) is 0 Å². The van der Waals surface area contributed by atoms with E-state index in [0.717, 1.165) is 0 Å². The maximum Gasteiger partial charge on any atom is 0.184 e. The first-order valence-corrected chi connectivity index (χ1v) is 3.56. The molecular weight excluding hydrogens is 168 g/mol. The van der Waals surface area contributed by atoms with E-state index < -0.39 is 37.3 Å². The maximum atomic E-state index is 9.12. The fourth-order valence-corrected chi connectivity index (χ4v) is 1.08. The molecule has 0 radical (unpaired) electrons. The summed E-state index contributed by atoms with van der Waals surface area (Å²) in [7, 11) is 0. The third-order valence-electron chi connectivity index (χ3n) is 1.87. The van der Waals surface area contributed by atoms with E-state index in [1.54, 1.807) is 0 Å². The van der Waals surface area contributed by atoms with E-state index in [2.05, 4.69) is 4.74 Å². The van der Waals surface area contributed by atoms with Crippen LogP contribution < -0.4 is 0 Å². The zero-order chi connectivity index (χ0) is 9.30. The number of hydrogen-bond acceptors (Lipinski definition) is 6. The van der Waals surface area contributed by atoms with Crippen LogP contribution in [-0.2, 0) is 4.74 Å². The molecule has 0 aromatic rings. The van der Waals surface area contributed by atoms with Gasteiger partial charge in [-0.15, -0.1) is 0 Å². The zero-order valence-electron chi connectivity index (χ0n) is 6.24. The molecule has 1 saturated heterocycles. The van der Waals surface area contributed by atoms with Crippen LogP contribution in [0.2, 0.25) is 0 Å². The lowest BCUT2D eigenvalue weighted by Crippen LogP contribution is -2.58. The van der Waals surface area contributed by atoms with Gasteiger partial charge < -0.3 is 30.3 Å². The number of aliphatic hydroxyl groups excluding tert-OH is 5. The zero-order valence-corrected chi connectivity index (χ0v) is 6.24. The molecule has 1 heterocycles. The van der Waals surface area contributed by atoms with Crippen LogP contribution in [0, 0.1) is 0 Å². The van der Waals surface area contributed by atoms with Crippen LogP contribution in [0.5, 0.6) is 0 Å². The summed E-state index contributed by atoms with van der Waals surface area (Å²) in [6, 6.07) is 0. The molecule has 0 aliphatic carbocycles. The SMILES string of the molecule is OCC1OC(O)[C@@H](O)[C@H](O)C1O. The van der Waals surface area contributed by atoms with Crippen molar-refractivity contribution >= 4 is 0 Å². The van der Waals surface area contributed by atoms with Crippen molar-refractivity contribution in [3.63, 3.8) is 0 Å². The minimum absolute atomic E-state index is 0.526. The molecule has 1 fully saturated rings. The fourth-order valence-electron chi connectivity index (χ4n) is 1.08. The van der Waals surface area contributed by atoms with E-state index in [1.165, 1.54) is 0 Å². The summed E-state index contributed by atoms with van der Waals surface area (Å²) in [5, 5.41) is 44.7. The smallest absolute Gasteiger partial charge is 0.184 e. The second-order valence-electron chi connectivity index (χ2n) is 2.72. The maximum absolute atomic E-state index is 9.12. The van der Waals surface area contributed by atoms with Crippen LogP contribution in [0.1, 0.15) is 0 Å². The number of aliphatic hydroxyl groups is 5. The number of ether oxygens (including phenoxy) is 1. The lowest BCUT2D eigenvalue weighted by atomic mass is 10.00. The Morgan fingerprint density at radius 3 is 2.00 bits per heavy atom. The Morgan fingerprint density at radius 1 is 0.917 bits per heavy atom. The monoisotopic (exact) mass is 180 g/mol. The summed E-state index contributed by atoms with van der Waals surface area (Å²) in [6.45, 7) is -0.526. The van der Waals surface area contributed by atoms with Crippen molar-refractivity contribution in [3.8, 4) is 0 Å². The molecule has 1 aliphatic heterocycles. The van der Waals surface area contributed by atoms with Crippen LogP contribution in [0.3, 0.4) is 0 Å². The van der Waals surface area contributed by atoms with Crippen molar-refractivity contribution < 1.29 is 30.3 Å². The molecule has 0 spiro atoms. The first kappa shape index (κ1) is 9.85. The Labute approximate surface area is 68.6 Å². The molecule has 0 saturated carbocycles. The van der Waals surface area contributed by atoms with Gasteiger partial charge in [0.05, 0.1) is 6.61 Å². The van der Waals surface area contributed by atoms with Gasteiger partial charge >= 0.3 is 0 Å². The minimum Gasteiger partial charge on any atom is -0.394 e. The number of rotatable bonds is 1. The largest absolute Gasteiger partial charge is 0.394 e. The van der Waals surface area contributed by atoms with Crippen molar-refractivity contribution in [1.29, 1.82) is 0 Å². The summed E-state index contributed by atoms with van der Waals surface area (Å²) in [6.07, 6.45) is -7.04. The van der Waals surface area contributed by atoms with E-state index in [-0.39, 0.29) is 0 Å². The molecule has 1 rings (SSSR count). The van der Waals surface area contributed by atoms with Crippen LogP contribution in [0.15, 0.2) is 0 Å². The van der Waals surface area contributed by atoms with Crippen LogP contribution in [-0.4, -0.2) is 62.8 Å². The van der Waals surface area contributed by atoms with E-state index in [4.69, 9.17) is 25.5 Å². The van der Waals surface area contributed by atoms with Crippen molar-refractivity contribution in [2.75, 3.05) is 6.61 Å². The molecule has 12 heavy (non-hydrogen) atoms. The van der Waals surface area contributed by atoms with E-state index in [0.29, 0.717) is 0 Å². The van der Waals surface area contributed by atoms with Gasteiger partial charge in [0, 0.05) is 0 Å².